The van der Waals surface area contributed by atoms with E-state index in [1.165, 1.54) is 24.3 Å². The maximum Gasteiger partial charge on any atom is 0.258 e. The minimum Gasteiger partial charge on any atom is -0.349 e. The Morgan fingerprint density at radius 2 is 2.05 bits per heavy atom. The molecule has 2 aromatic rings. The monoisotopic (exact) mass is 297 g/mol. The van der Waals surface area contributed by atoms with Crippen LogP contribution in [0.3, 0.4) is 0 Å². The minimum atomic E-state index is -0.352. The van der Waals surface area contributed by atoms with Gasteiger partial charge in [0.25, 0.3) is 5.91 Å². The molecule has 22 heavy (non-hydrogen) atoms. The highest BCUT2D eigenvalue weighted by Gasteiger charge is 2.27. The lowest BCUT2D eigenvalue weighted by atomic mass is 10.1. The molecule has 1 aromatic carbocycles. The standard InChI is InChI=1S/C17H16FN3O/c1-2-10-20-11-12-21(15-4-3-9-19-16(15)20)17(22)13-5-7-14(18)8-6-13/h2-9H,1,10-12H2. The van der Waals surface area contributed by atoms with Crippen molar-refractivity contribution in [2.45, 2.75) is 0 Å². The van der Waals surface area contributed by atoms with Crippen LogP contribution in [0.25, 0.3) is 0 Å². The van der Waals surface area contributed by atoms with E-state index >= 15 is 0 Å². The molecule has 0 radical (unpaired) electrons. The Bertz CT molecular complexity index is 699. The zero-order valence-corrected chi connectivity index (χ0v) is 12.1. The molecule has 0 N–H and O–H groups in total. The lowest BCUT2D eigenvalue weighted by molar-refractivity contribution is 0.0986. The number of carbonyl (C=O) groups excluding carboxylic acids is 1. The normalized spacial score (nSPS) is 13.7. The van der Waals surface area contributed by atoms with Crippen LogP contribution >= 0.6 is 0 Å². The van der Waals surface area contributed by atoms with E-state index in [0.717, 1.165) is 11.5 Å². The molecule has 0 atom stereocenters. The molecule has 0 spiro atoms. The summed E-state index contributed by atoms with van der Waals surface area (Å²) in [5, 5.41) is 0. The van der Waals surface area contributed by atoms with Crippen LogP contribution in [0.5, 0.6) is 0 Å². The van der Waals surface area contributed by atoms with E-state index in [1.807, 2.05) is 12.1 Å². The predicted molar refractivity (Wildman–Crippen MR) is 84.7 cm³/mol. The second-order valence-electron chi connectivity index (χ2n) is 5.04. The van der Waals surface area contributed by atoms with Crippen molar-refractivity contribution in [3.05, 3.63) is 66.6 Å². The Labute approximate surface area is 128 Å². The molecule has 0 saturated carbocycles. The Balaban J connectivity index is 1.94. The Morgan fingerprint density at radius 3 is 2.77 bits per heavy atom. The zero-order valence-electron chi connectivity index (χ0n) is 12.1. The van der Waals surface area contributed by atoms with Gasteiger partial charge in [-0.25, -0.2) is 9.37 Å². The molecule has 0 fully saturated rings. The summed E-state index contributed by atoms with van der Waals surface area (Å²) in [6.07, 6.45) is 3.52. The molecule has 1 amide bonds. The smallest absolute Gasteiger partial charge is 0.258 e. The molecule has 4 nitrogen and oxygen atoms in total. The first-order valence-electron chi connectivity index (χ1n) is 7.09. The number of benzene rings is 1. The average molecular weight is 297 g/mol. The average Bonchev–Trinajstić information content (AvgIpc) is 2.55. The number of halogens is 1. The number of aromatic nitrogens is 1. The van der Waals surface area contributed by atoms with Gasteiger partial charge in [0.15, 0.2) is 5.82 Å². The van der Waals surface area contributed by atoms with E-state index in [-0.39, 0.29) is 11.7 Å². The molecular weight excluding hydrogens is 281 g/mol. The van der Waals surface area contributed by atoms with Crippen LogP contribution in [0, 0.1) is 5.82 Å². The van der Waals surface area contributed by atoms with Gasteiger partial charge in [-0.15, -0.1) is 6.58 Å². The number of fused-ring (bicyclic) bond motifs is 1. The summed E-state index contributed by atoms with van der Waals surface area (Å²) in [5.41, 5.74) is 1.23. The van der Waals surface area contributed by atoms with E-state index in [9.17, 15) is 9.18 Å². The Kier molecular flexibility index (Phi) is 3.87. The molecule has 1 aromatic heterocycles. The highest BCUT2D eigenvalue weighted by Crippen LogP contribution is 2.31. The van der Waals surface area contributed by atoms with Crippen LogP contribution in [0.4, 0.5) is 15.9 Å². The highest BCUT2D eigenvalue weighted by atomic mass is 19.1. The molecule has 0 saturated heterocycles. The fraction of sp³-hybridized carbons (Fsp3) is 0.176. The lowest BCUT2D eigenvalue weighted by Crippen LogP contribution is -2.44. The van der Waals surface area contributed by atoms with Gasteiger partial charge in [0.05, 0.1) is 5.69 Å². The van der Waals surface area contributed by atoms with Gasteiger partial charge in [0, 0.05) is 31.4 Å². The molecule has 1 aliphatic rings. The van der Waals surface area contributed by atoms with E-state index in [2.05, 4.69) is 16.5 Å². The van der Waals surface area contributed by atoms with Gasteiger partial charge in [-0.05, 0) is 36.4 Å². The lowest BCUT2D eigenvalue weighted by Gasteiger charge is -2.36. The fourth-order valence-corrected chi connectivity index (χ4v) is 2.58. The number of amides is 1. The third-order valence-electron chi connectivity index (χ3n) is 3.64. The molecule has 112 valence electrons. The maximum absolute atomic E-state index is 13.0. The fourth-order valence-electron chi connectivity index (χ4n) is 2.58. The summed E-state index contributed by atoms with van der Waals surface area (Å²) in [6, 6.07) is 9.28. The Hall–Kier alpha value is -2.69. The third kappa shape index (κ3) is 2.57. The summed E-state index contributed by atoms with van der Waals surface area (Å²) >= 11 is 0. The first-order valence-corrected chi connectivity index (χ1v) is 7.09. The number of hydrogen-bond acceptors (Lipinski definition) is 3. The van der Waals surface area contributed by atoms with Gasteiger partial charge in [0.2, 0.25) is 0 Å². The number of hydrogen-bond donors (Lipinski definition) is 0. The van der Waals surface area contributed by atoms with Crippen molar-refractivity contribution in [2.75, 3.05) is 29.4 Å². The van der Waals surface area contributed by atoms with Gasteiger partial charge in [0.1, 0.15) is 5.82 Å². The molecule has 1 aliphatic heterocycles. The summed E-state index contributed by atoms with van der Waals surface area (Å²) in [5.74, 6) is 0.269. The largest absolute Gasteiger partial charge is 0.349 e. The molecular formula is C17H16FN3O. The molecule has 0 aliphatic carbocycles. The van der Waals surface area contributed by atoms with Crippen LogP contribution in [0.2, 0.25) is 0 Å². The Morgan fingerprint density at radius 1 is 1.27 bits per heavy atom. The van der Waals surface area contributed by atoms with Crippen molar-refractivity contribution in [1.29, 1.82) is 0 Å². The van der Waals surface area contributed by atoms with Crippen molar-refractivity contribution in [3.63, 3.8) is 0 Å². The molecule has 0 bridgehead atoms. The van der Waals surface area contributed by atoms with Crippen LogP contribution in [0.1, 0.15) is 10.4 Å². The van der Waals surface area contributed by atoms with E-state index in [0.29, 0.717) is 25.2 Å². The molecule has 0 unspecified atom stereocenters. The summed E-state index contributed by atoms with van der Waals surface area (Å²) in [6.45, 7) is 5.68. The number of carbonyl (C=O) groups is 1. The van der Waals surface area contributed by atoms with E-state index in [4.69, 9.17) is 0 Å². The van der Waals surface area contributed by atoms with Gasteiger partial charge in [-0.1, -0.05) is 6.08 Å². The SMILES string of the molecule is C=CCN1CCN(C(=O)c2ccc(F)cc2)c2cccnc21. The highest BCUT2D eigenvalue weighted by molar-refractivity contribution is 6.08. The van der Waals surface area contributed by atoms with Crippen LogP contribution < -0.4 is 9.80 Å². The molecule has 5 heteroatoms. The van der Waals surface area contributed by atoms with Gasteiger partial charge in [-0.2, -0.15) is 0 Å². The van der Waals surface area contributed by atoms with Crippen molar-refractivity contribution < 1.29 is 9.18 Å². The van der Waals surface area contributed by atoms with Crippen LogP contribution in [0.15, 0.2) is 55.3 Å². The minimum absolute atomic E-state index is 0.146. The summed E-state index contributed by atoms with van der Waals surface area (Å²) in [7, 11) is 0. The zero-order chi connectivity index (χ0) is 15.5. The number of anilines is 2. The number of pyridine rings is 1. The third-order valence-corrected chi connectivity index (χ3v) is 3.64. The van der Waals surface area contributed by atoms with E-state index in [1.54, 1.807) is 17.2 Å². The second kappa shape index (κ2) is 5.97. The van der Waals surface area contributed by atoms with Crippen molar-refractivity contribution >= 4 is 17.4 Å². The second-order valence-corrected chi connectivity index (χ2v) is 5.04. The predicted octanol–water partition coefficient (Wildman–Crippen LogP) is 2.87. The summed E-state index contributed by atoms with van der Waals surface area (Å²) < 4.78 is 13.0. The van der Waals surface area contributed by atoms with Crippen molar-refractivity contribution in [1.82, 2.24) is 4.98 Å². The first kappa shape index (κ1) is 14.3. The van der Waals surface area contributed by atoms with Crippen LogP contribution in [-0.2, 0) is 0 Å². The van der Waals surface area contributed by atoms with Crippen molar-refractivity contribution in [2.24, 2.45) is 0 Å². The van der Waals surface area contributed by atoms with E-state index < -0.39 is 0 Å². The first-order chi connectivity index (χ1) is 10.7. The van der Waals surface area contributed by atoms with Crippen molar-refractivity contribution in [3.8, 4) is 0 Å². The quantitative estimate of drug-likeness (QED) is 0.817. The van der Waals surface area contributed by atoms with Gasteiger partial charge < -0.3 is 9.80 Å². The van der Waals surface area contributed by atoms with Crippen LogP contribution in [-0.4, -0.2) is 30.5 Å². The van der Waals surface area contributed by atoms with Gasteiger partial charge >= 0.3 is 0 Å². The van der Waals surface area contributed by atoms with Gasteiger partial charge in [-0.3, -0.25) is 4.79 Å². The topological polar surface area (TPSA) is 36.4 Å². The summed E-state index contributed by atoms with van der Waals surface area (Å²) in [4.78, 5) is 20.8. The molecule has 2 heterocycles. The maximum atomic E-state index is 13.0. The number of rotatable bonds is 3. The number of nitrogens with zero attached hydrogens (tertiary/aromatic N) is 3. The molecule has 3 rings (SSSR count).